The van der Waals surface area contributed by atoms with Crippen molar-refractivity contribution in [3.05, 3.63) is 54.1 Å². The summed E-state index contributed by atoms with van der Waals surface area (Å²) in [5.41, 5.74) is 1.35. The van der Waals surface area contributed by atoms with E-state index in [2.05, 4.69) is 15.5 Å². The minimum absolute atomic E-state index is 0.223. The number of oxime groups is 1. The lowest BCUT2D eigenvalue weighted by atomic mass is 10.0. The van der Waals surface area contributed by atoms with Gasteiger partial charge in [-0.3, -0.25) is 4.79 Å². The van der Waals surface area contributed by atoms with Crippen molar-refractivity contribution >= 4 is 17.4 Å². The van der Waals surface area contributed by atoms with E-state index in [0.29, 0.717) is 30.4 Å². The monoisotopic (exact) mass is 311 g/mol. The third-order valence-corrected chi connectivity index (χ3v) is 3.36. The summed E-state index contributed by atoms with van der Waals surface area (Å²) in [4.78, 5) is 21.8. The molecule has 0 radical (unpaired) electrons. The molecule has 6 heteroatoms. The molecule has 118 valence electrons. The summed E-state index contributed by atoms with van der Waals surface area (Å²) in [5, 5.41) is 6.61. The van der Waals surface area contributed by atoms with E-state index in [-0.39, 0.29) is 12.0 Å². The Morgan fingerprint density at radius 3 is 2.87 bits per heavy atom. The summed E-state index contributed by atoms with van der Waals surface area (Å²) in [5.74, 6) is 0.577. The summed E-state index contributed by atoms with van der Waals surface area (Å²) >= 11 is 0. The number of carbonyl (C=O) groups is 1. The smallest absolute Gasteiger partial charge is 0.274 e. The van der Waals surface area contributed by atoms with Gasteiger partial charge in [0.15, 0.2) is 6.10 Å². The van der Waals surface area contributed by atoms with E-state index in [1.807, 2.05) is 37.3 Å². The maximum Gasteiger partial charge on any atom is 0.274 e. The molecule has 0 saturated heterocycles. The standard InChI is InChI=1S/C17H17N3O3/c1-2-22-16-10-6-9-15(18-16)19-17(21)13-11-14(23-20-13)12-7-4-3-5-8-12/h3-10,14H,2,11H2,1H3,(H,18,19,21)/t14-/m1/s1. The van der Waals surface area contributed by atoms with Crippen LogP contribution in [0.25, 0.3) is 0 Å². The number of rotatable bonds is 5. The van der Waals surface area contributed by atoms with Crippen LogP contribution in [0, 0.1) is 0 Å². The molecule has 0 aliphatic carbocycles. The van der Waals surface area contributed by atoms with Gasteiger partial charge < -0.3 is 14.9 Å². The van der Waals surface area contributed by atoms with Gasteiger partial charge in [-0.25, -0.2) is 0 Å². The van der Waals surface area contributed by atoms with Crippen LogP contribution in [-0.4, -0.2) is 23.2 Å². The first kappa shape index (κ1) is 15.0. The maximum atomic E-state index is 12.3. The van der Waals surface area contributed by atoms with Gasteiger partial charge in [0.1, 0.15) is 11.5 Å². The third-order valence-electron chi connectivity index (χ3n) is 3.36. The molecule has 23 heavy (non-hydrogen) atoms. The Kier molecular flexibility index (Phi) is 4.52. The molecule has 6 nitrogen and oxygen atoms in total. The molecular formula is C17H17N3O3. The fourth-order valence-electron chi connectivity index (χ4n) is 2.26. The van der Waals surface area contributed by atoms with Crippen molar-refractivity contribution in [1.82, 2.24) is 4.98 Å². The number of amides is 1. The molecule has 0 fully saturated rings. The van der Waals surface area contributed by atoms with E-state index < -0.39 is 0 Å². The molecule has 0 unspecified atom stereocenters. The number of hydrogen-bond acceptors (Lipinski definition) is 5. The number of carbonyl (C=O) groups excluding carboxylic acids is 1. The van der Waals surface area contributed by atoms with Crippen LogP contribution in [0.15, 0.2) is 53.7 Å². The molecule has 0 bridgehead atoms. The zero-order valence-electron chi connectivity index (χ0n) is 12.7. The van der Waals surface area contributed by atoms with Gasteiger partial charge in [-0.05, 0) is 18.6 Å². The summed E-state index contributed by atoms with van der Waals surface area (Å²) in [6, 6.07) is 14.9. The molecule has 3 rings (SSSR count). The topological polar surface area (TPSA) is 72.8 Å². The zero-order chi connectivity index (χ0) is 16.1. The van der Waals surface area contributed by atoms with Crippen molar-refractivity contribution in [3.8, 4) is 5.88 Å². The van der Waals surface area contributed by atoms with Crippen molar-refractivity contribution < 1.29 is 14.4 Å². The Bertz CT molecular complexity index is 716. The minimum Gasteiger partial charge on any atom is -0.478 e. The summed E-state index contributed by atoms with van der Waals surface area (Å²) < 4.78 is 5.31. The van der Waals surface area contributed by atoms with E-state index in [0.717, 1.165) is 5.56 Å². The van der Waals surface area contributed by atoms with Crippen molar-refractivity contribution in [2.24, 2.45) is 5.16 Å². The summed E-state index contributed by atoms with van der Waals surface area (Å²) in [6.45, 7) is 2.39. The number of nitrogens with one attached hydrogen (secondary N) is 1. The first-order chi connectivity index (χ1) is 11.3. The molecule has 2 aromatic rings. The lowest BCUT2D eigenvalue weighted by molar-refractivity contribution is -0.110. The molecule has 2 heterocycles. The van der Waals surface area contributed by atoms with Crippen molar-refractivity contribution in [2.75, 3.05) is 11.9 Å². The molecule has 1 aromatic carbocycles. The largest absolute Gasteiger partial charge is 0.478 e. The van der Waals surface area contributed by atoms with Crippen molar-refractivity contribution in [2.45, 2.75) is 19.4 Å². The number of aromatic nitrogens is 1. The van der Waals surface area contributed by atoms with Crippen LogP contribution in [0.1, 0.15) is 25.0 Å². The highest BCUT2D eigenvalue weighted by Gasteiger charge is 2.27. The first-order valence-corrected chi connectivity index (χ1v) is 7.45. The number of benzene rings is 1. The normalized spacial score (nSPS) is 16.4. The Morgan fingerprint density at radius 1 is 1.26 bits per heavy atom. The minimum atomic E-state index is -0.315. The Labute approximate surface area is 134 Å². The lowest BCUT2D eigenvalue weighted by Crippen LogP contribution is -2.22. The lowest BCUT2D eigenvalue weighted by Gasteiger charge is -2.08. The van der Waals surface area contributed by atoms with E-state index in [1.54, 1.807) is 18.2 Å². The van der Waals surface area contributed by atoms with Crippen LogP contribution in [0.2, 0.25) is 0 Å². The van der Waals surface area contributed by atoms with Gasteiger partial charge >= 0.3 is 0 Å². The second-order valence-corrected chi connectivity index (χ2v) is 5.00. The van der Waals surface area contributed by atoms with E-state index in [1.165, 1.54) is 0 Å². The molecule has 1 aliphatic heterocycles. The molecule has 0 spiro atoms. The van der Waals surface area contributed by atoms with E-state index in [4.69, 9.17) is 9.57 Å². The van der Waals surface area contributed by atoms with Crippen LogP contribution in [0.3, 0.4) is 0 Å². The first-order valence-electron chi connectivity index (χ1n) is 7.45. The number of anilines is 1. The SMILES string of the molecule is CCOc1cccc(NC(=O)C2=NO[C@@H](c3ccccc3)C2)n1. The van der Waals surface area contributed by atoms with Gasteiger partial charge in [-0.15, -0.1) is 0 Å². The summed E-state index contributed by atoms with van der Waals surface area (Å²) in [6.07, 6.45) is 0.209. The van der Waals surface area contributed by atoms with Crippen LogP contribution in [0.5, 0.6) is 5.88 Å². The van der Waals surface area contributed by atoms with Gasteiger partial charge in [-0.2, -0.15) is 4.98 Å². The van der Waals surface area contributed by atoms with Gasteiger partial charge in [0.25, 0.3) is 5.91 Å². The predicted octanol–water partition coefficient (Wildman–Crippen LogP) is 2.94. The Hall–Kier alpha value is -2.89. The van der Waals surface area contributed by atoms with Crippen molar-refractivity contribution in [3.63, 3.8) is 0 Å². The third kappa shape index (κ3) is 3.66. The molecule has 1 atom stereocenters. The Morgan fingerprint density at radius 2 is 2.09 bits per heavy atom. The molecule has 1 N–H and O–H groups in total. The molecule has 1 aromatic heterocycles. The van der Waals surface area contributed by atoms with E-state index in [9.17, 15) is 4.79 Å². The highest BCUT2D eigenvalue weighted by Crippen LogP contribution is 2.27. The second kappa shape index (κ2) is 6.91. The summed E-state index contributed by atoms with van der Waals surface area (Å²) in [7, 11) is 0. The fourth-order valence-corrected chi connectivity index (χ4v) is 2.26. The van der Waals surface area contributed by atoms with Gasteiger partial charge in [0.05, 0.1) is 6.61 Å². The zero-order valence-corrected chi connectivity index (χ0v) is 12.7. The number of hydrogen-bond donors (Lipinski definition) is 1. The highest BCUT2D eigenvalue weighted by atomic mass is 16.6. The number of pyridine rings is 1. The second-order valence-electron chi connectivity index (χ2n) is 5.00. The van der Waals surface area contributed by atoms with Crippen LogP contribution >= 0.6 is 0 Å². The van der Waals surface area contributed by atoms with Crippen LogP contribution in [0.4, 0.5) is 5.82 Å². The quantitative estimate of drug-likeness (QED) is 0.921. The van der Waals surface area contributed by atoms with Gasteiger partial charge in [0.2, 0.25) is 5.88 Å². The molecule has 0 saturated carbocycles. The van der Waals surface area contributed by atoms with Gasteiger partial charge in [0, 0.05) is 12.5 Å². The van der Waals surface area contributed by atoms with Gasteiger partial charge in [-0.1, -0.05) is 41.6 Å². The molecular weight excluding hydrogens is 294 g/mol. The average Bonchev–Trinajstić information content (AvgIpc) is 3.06. The average molecular weight is 311 g/mol. The molecule has 1 aliphatic rings. The van der Waals surface area contributed by atoms with Crippen LogP contribution < -0.4 is 10.1 Å². The fraction of sp³-hybridized carbons (Fsp3) is 0.235. The maximum absolute atomic E-state index is 12.3. The van der Waals surface area contributed by atoms with E-state index >= 15 is 0 Å². The molecule has 1 amide bonds. The highest BCUT2D eigenvalue weighted by molar-refractivity contribution is 6.43. The number of nitrogens with zero attached hydrogens (tertiary/aromatic N) is 2. The Balaban J connectivity index is 1.62. The predicted molar refractivity (Wildman–Crippen MR) is 86.4 cm³/mol. The van der Waals surface area contributed by atoms with Crippen LogP contribution in [-0.2, 0) is 9.63 Å². The number of ether oxygens (including phenoxy) is 1. The van der Waals surface area contributed by atoms with Crippen molar-refractivity contribution in [1.29, 1.82) is 0 Å².